The average molecular weight is 503 g/mol. The van der Waals surface area contributed by atoms with Crippen LogP contribution in [0.2, 0.25) is 0 Å². The van der Waals surface area contributed by atoms with Gasteiger partial charge in [0.25, 0.3) is 5.91 Å². The fraction of sp³-hybridized carbons (Fsp3) is 0.152. The monoisotopic (exact) mass is 502 g/mol. The molecule has 0 spiro atoms. The number of nitriles is 1. The third-order valence-electron chi connectivity index (χ3n) is 6.17. The van der Waals surface area contributed by atoms with Crippen molar-refractivity contribution in [1.82, 2.24) is 0 Å². The van der Waals surface area contributed by atoms with Crippen LogP contribution in [0, 0.1) is 32.1 Å². The summed E-state index contributed by atoms with van der Waals surface area (Å²) in [5.41, 5.74) is 7.19. The van der Waals surface area contributed by atoms with E-state index >= 15 is 0 Å². The van der Waals surface area contributed by atoms with E-state index in [2.05, 4.69) is 37.4 Å². The summed E-state index contributed by atoms with van der Waals surface area (Å²) in [6.07, 6.45) is 1.56. The van der Waals surface area contributed by atoms with E-state index in [4.69, 9.17) is 9.47 Å². The van der Waals surface area contributed by atoms with Gasteiger partial charge in [-0.25, -0.2) is 0 Å². The van der Waals surface area contributed by atoms with Gasteiger partial charge in [0.05, 0.1) is 0 Å². The third kappa shape index (κ3) is 7.35. The van der Waals surface area contributed by atoms with Gasteiger partial charge in [0, 0.05) is 5.69 Å². The minimum Gasteiger partial charge on any atom is -0.489 e. The molecule has 0 aliphatic carbocycles. The third-order valence-corrected chi connectivity index (χ3v) is 6.17. The Bertz CT molecular complexity index is 1460. The first kappa shape index (κ1) is 26.2. The van der Waals surface area contributed by atoms with Crippen LogP contribution in [0.25, 0.3) is 6.08 Å². The number of anilines is 1. The molecule has 190 valence electrons. The summed E-state index contributed by atoms with van der Waals surface area (Å²) in [5, 5.41) is 12.3. The largest absolute Gasteiger partial charge is 0.489 e. The molecule has 1 N–H and O–H groups in total. The van der Waals surface area contributed by atoms with E-state index in [9.17, 15) is 10.1 Å². The standard InChI is InChI=1S/C33H30N2O3/c1-23-4-7-27(8-5-23)21-37-32-16-12-30(13-17-32)35-33(36)29(20-34)19-26-10-14-31(15-11-26)38-22-28-9-6-24(2)25(3)18-28/h4-19H,21-22H2,1-3H3,(H,35,36)/b29-19+. The molecule has 0 aliphatic rings. The molecule has 4 aromatic rings. The number of ether oxygens (including phenoxy) is 2. The lowest BCUT2D eigenvalue weighted by atomic mass is 10.1. The highest BCUT2D eigenvalue weighted by Gasteiger charge is 2.10. The van der Waals surface area contributed by atoms with E-state index in [0.29, 0.717) is 30.4 Å². The van der Waals surface area contributed by atoms with Crippen molar-refractivity contribution in [3.8, 4) is 17.6 Å². The van der Waals surface area contributed by atoms with Crippen LogP contribution in [0.1, 0.15) is 33.4 Å². The van der Waals surface area contributed by atoms with Gasteiger partial charge in [-0.05, 0) is 91.1 Å². The van der Waals surface area contributed by atoms with E-state index in [0.717, 1.165) is 16.7 Å². The number of benzene rings is 4. The number of nitrogens with one attached hydrogen (secondary N) is 1. The molecule has 38 heavy (non-hydrogen) atoms. The summed E-state index contributed by atoms with van der Waals surface area (Å²) >= 11 is 0. The number of amides is 1. The lowest BCUT2D eigenvalue weighted by Crippen LogP contribution is -2.13. The summed E-state index contributed by atoms with van der Waals surface area (Å²) in [6.45, 7) is 7.15. The van der Waals surface area contributed by atoms with Gasteiger partial charge in [-0.15, -0.1) is 0 Å². The van der Waals surface area contributed by atoms with Gasteiger partial charge in [-0.2, -0.15) is 5.26 Å². The molecule has 0 bridgehead atoms. The van der Waals surface area contributed by atoms with Gasteiger partial charge in [0.15, 0.2) is 0 Å². The molecule has 0 heterocycles. The summed E-state index contributed by atoms with van der Waals surface area (Å²) < 4.78 is 11.7. The lowest BCUT2D eigenvalue weighted by Gasteiger charge is -2.09. The fourth-order valence-corrected chi connectivity index (χ4v) is 3.72. The van der Waals surface area contributed by atoms with Crippen LogP contribution in [0.5, 0.6) is 11.5 Å². The molecule has 0 aliphatic heterocycles. The highest BCUT2D eigenvalue weighted by Crippen LogP contribution is 2.20. The number of hydrogen-bond donors (Lipinski definition) is 1. The first-order chi connectivity index (χ1) is 18.4. The molecular weight excluding hydrogens is 472 g/mol. The molecule has 0 unspecified atom stereocenters. The van der Waals surface area contributed by atoms with Crippen LogP contribution >= 0.6 is 0 Å². The summed E-state index contributed by atoms with van der Waals surface area (Å²) in [7, 11) is 0. The number of carbonyl (C=O) groups is 1. The average Bonchev–Trinajstić information content (AvgIpc) is 2.93. The maximum atomic E-state index is 12.7. The van der Waals surface area contributed by atoms with Crippen molar-refractivity contribution in [1.29, 1.82) is 5.26 Å². The zero-order valence-corrected chi connectivity index (χ0v) is 21.8. The van der Waals surface area contributed by atoms with Gasteiger partial charge >= 0.3 is 0 Å². The zero-order chi connectivity index (χ0) is 26.9. The molecule has 0 atom stereocenters. The Morgan fingerprint density at radius 3 is 1.95 bits per heavy atom. The molecule has 5 heteroatoms. The minimum absolute atomic E-state index is 0.00787. The van der Waals surface area contributed by atoms with Crippen molar-refractivity contribution in [2.24, 2.45) is 0 Å². The molecule has 0 saturated carbocycles. The number of hydrogen-bond acceptors (Lipinski definition) is 4. The van der Waals surface area contributed by atoms with Gasteiger partial charge in [-0.3, -0.25) is 4.79 Å². The summed E-state index contributed by atoms with van der Waals surface area (Å²) in [4.78, 5) is 12.7. The van der Waals surface area contributed by atoms with Crippen molar-refractivity contribution in [3.63, 3.8) is 0 Å². The molecule has 0 saturated heterocycles. The Labute approximate surface area is 224 Å². The van der Waals surface area contributed by atoms with E-state index in [1.807, 2.05) is 61.5 Å². The summed E-state index contributed by atoms with van der Waals surface area (Å²) in [6, 6.07) is 30.8. The van der Waals surface area contributed by atoms with Crippen molar-refractivity contribution in [2.45, 2.75) is 34.0 Å². The van der Waals surface area contributed by atoms with Crippen molar-refractivity contribution >= 4 is 17.7 Å². The van der Waals surface area contributed by atoms with Crippen molar-refractivity contribution in [3.05, 3.63) is 130 Å². The van der Waals surface area contributed by atoms with Gasteiger partial charge in [0.2, 0.25) is 0 Å². The van der Waals surface area contributed by atoms with Crippen LogP contribution in [-0.2, 0) is 18.0 Å². The van der Waals surface area contributed by atoms with Gasteiger partial charge in [0.1, 0.15) is 36.4 Å². The maximum Gasteiger partial charge on any atom is 0.266 e. The number of carbonyl (C=O) groups excluding carboxylic acids is 1. The first-order valence-electron chi connectivity index (χ1n) is 12.4. The molecule has 4 aromatic carbocycles. The minimum atomic E-state index is -0.476. The fourth-order valence-electron chi connectivity index (χ4n) is 3.72. The first-order valence-corrected chi connectivity index (χ1v) is 12.4. The van der Waals surface area contributed by atoms with Crippen molar-refractivity contribution < 1.29 is 14.3 Å². The zero-order valence-electron chi connectivity index (χ0n) is 21.8. The Kier molecular flexibility index (Phi) is 8.58. The van der Waals surface area contributed by atoms with Crippen LogP contribution in [-0.4, -0.2) is 5.91 Å². The number of rotatable bonds is 9. The van der Waals surface area contributed by atoms with Crippen LogP contribution in [0.3, 0.4) is 0 Å². The Morgan fingerprint density at radius 1 is 0.763 bits per heavy atom. The van der Waals surface area contributed by atoms with Crippen LogP contribution in [0.4, 0.5) is 5.69 Å². The molecule has 1 amide bonds. The van der Waals surface area contributed by atoms with E-state index in [1.165, 1.54) is 16.7 Å². The Hall–Kier alpha value is -4.82. The maximum absolute atomic E-state index is 12.7. The van der Waals surface area contributed by atoms with Crippen LogP contribution in [0.15, 0.2) is 96.6 Å². The number of nitrogens with zero attached hydrogens (tertiary/aromatic N) is 1. The second-order valence-corrected chi connectivity index (χ2v) is 9.20. The Balaban J connectivity index is 1.31. The number of aryl methyl sites for hydroxylation is 3. The van der Waals surface area contributed by atoms with Crippen LogP contribution < -0.4 is 14.8 Å². The molecule has 0 aromatic heterocycles. The van der Waals surface area contributed by atoms with Crippen molar-refractivity contribution in [2.75, 3.05) is 5.32 Å². The van der Waals surface area contributed by atoms with E-state index < -0.39 is 5.91 Å². The molecule has 4 rings (SSSR count). The Morgan fingerprint density at radius 2 is 1.34 bits per heavy atom. The summed E-state index contributed by atoms with van der Waals surface area (Å²) in [5.74, 6) is 0.934. The van der Waals surface area contributed by atoms with Gasteiger partial charge < -0.3 is 14.8 Å². The normalized spacial score (nSPS) is 10.9. The molecule has 0 fully saturated rings. The predicted octanol–water partition coefficient (Wildman–Crippen LogP) is 7.32. The smallest absolute Gasteiger partial charge is 0.266 e. The second-order valence-electron chi connectivity index (χ2n) is 9.20. The molecule has 0 radical (unpaired) electrons. The lowest BCUT2D eigenvalue weighted by molar-refractivity contribution is -0.112. The topological polar surface area (TPSA) is 71.3 Å². The second kappa shape index (κ2) is 12.4. The van der Waals surface area contributed by atoms with E-state index in [-0.39, 0.29) is 5.57 Å². The molecule has 5 nitrogen and oxygen atoms in total. The SMILES string of the molecule is Cc1ccc(COc2ccc(NC(=O)/C(C#N)=C/c3ccc(OCc4ccc(C)c(C)c4)cc3)cc2)cc1. The van der Waals surface area contributed by atoms with E-state index in [1.54, 1.807) is 30.3 Å². The predicted molar refractivity (Wildman–Crippen MR) is 151 cm³/mol. The molecular formula is C33H30N2O3. The highest BCUT2D eigenvalue weighted by atomic mass is 16.5. The highest BCUT2D eigenvalue weighted by molar-refractivity contribution is 6.09. The van der Waals surface area contributed by atoms with Gasteiger partial charge in [-0.1, -0.05) is 60.2 Å². The quantitative estimate of drug-likeness (QED) is 0.192.